The molecular formula is C14H23NO9S. The Morgan fingerprint density at radius 2 is 1.96 bits per heavy atom. The molecule has 0 aromatic rings. The van der Waals surface area contributed by atoms with Crippen molar-refractivity contribution in [1.82, 2.24) is 4.72 Å². The Morgan fingerprint density at radius 1 is 1.24 bits per heavy atom. The lowest BCUT2D eigenvalue weighted by Crippen LogP contribution is -2.60. The predicted molar refractivity (Wildman–Crippen MR) is 82.3 cm³/mol. The molecule has 144 valence electrons. The summed E-state index contributed by atoms with van der Waals surface area (Å²) < 4.78 is 48.6. The van der Waals surface area contributed by atoms with Crippen LogP contribution in [0.5, 0.6) is 0 Å². The molecule has 3 aliphatic rings. The molecule has 0 aromatic heterocycles. The van der Waals surface area contributed by atoms with Gasteiger partial charge in [0.05, 0.1) is 6.61 Å². The SMILES string of the molecule is CC1(C)OC2COC3(COS(=O)NCC(=O)O)OC(C)(C)OC3C2O1. The Hall–Kier alpha value is -0.660. The van der Waals surface area contributed by atoms with Crippen LogP contribution in [0.3, 0.4) is 0 Å². The summed E-state index contributed by atoms with van der Waals surface area (Å²) in [6.07, 6.45) is -1.41. The van der Waals surface area contributed by atoms with E-state index in [2.05, 4.69) is 4.72 Å². The Morgan fingerprint density at radius 3 is 2.64 bits per heavy atom. The highest BCUT2D eigenvalue weighted by molar-refractivity contribution is 7.78. The molecule has 10 nitrogen and oxygen atoms in total. The third kappa shape index (κ3) is 4.03. The number of carbonyl (C=O) groups is 1. The van der Waals surface area contributed by atoms with Crippen LogP contribution in [-0.4, -0.2) is 70.7 Å². The summed E-state index contributed by atoms with van der Waals surface area (Å²) in [5.41, 5.74) is 0. The van der Waals surface area contributed by atoms with Crippen LogP contribution < -0.4 is 4.72 Å². The molecule has 0 aliphatic carbocycles. The van der Waals surface area contributed by atoms with Gasteiger partial charge in [-0.1, -0.05) is 0 Å². The van der Waals surface area contributed by atoms with Crippen LogP contribution in [0.4, 0.5) is 0 Å². The number of rotatable bonds is 6. The maximum absolute atomic E-state index is 11.8. The van der Waals surface area contributed by atoms with Gasteiger partial charge in [-0.05, 0) is 27.7 Å². The fourth-order valence-corrected chi connectivity index (χ4v) is 3.84. The Labute approximate surface area is 147 Å². The average molecular weight is 381 g/mol. The van der Waals surface area contributed by atoms with E-state index in [4.69, 9.17) is 33.0 Å². The fraction of sp³-hybridized carbons (Fsp3) is 0.929. The van der Waals surface area contributed by atoms with Gasteiger partial charge >= 0.3 is 5.97 Å². The first-order valence-electron chi connectivity index (χ1n) is 7.90. The van der Waals surface area contributed by atoms with Crippen LogP contribution in [0, 0.1) is 0 Å². The van der Waals surface area contributed by atoms with Crippen molar-refractivity contribution in [3.05, 3.63) is 0 Å². The van der Waals surface area contributed by atoms with Crippen molar-refractivity contribution < 1.29 is 42.0 Å². The smallest absolute Gasteiger partial charge is 0.318 e. The van der Waals surface area contributed by atoms with Gasteiger partial charge in [0.25, 0.3) is 0 Å². The monoisotopic (exact) mass is 381 g/mol. The summed E-state index contributed by atoms with van der Waals surface area (Å²) in [5, 5.41) is 8.60. The number of hydrogen-bond donors (Lipinski definition) is 2. The predicted octanol–water partition coefficient (Wildman–Crippen LogP) is -0.346. The lowest BCUT2D eigenvalue weighted by atomic mass is 9.98. The molecule has 0 amide bonds. The highest BCUT2D eigenvalue weighted by Gasteiger charge is 2.65. The zero-order valence-corrected chi connectivity index (χ0v) is 15.3. The van der Waals surface area contributed by atoms with Gasteiger partial charge in [0.15, 0.2) is 11.6 Å². The van der Waals surface area contributed by atoms with E-state index < -0.39 is 53.3 Å². The van der Waals surface area contributed by atoms with E-state index in [0.29, 0.717) is 0 Å². The van der Waals surface area contributed by atoms with Gasteiger partial charge in [0.1, 0.15) is 31.5 Å². The Balaban J connectivity index is 1.71. The summed E-state index contributed by atoms with van der Waals surface area (Å²) in [5.74, 6) is -4.22. The van der Waals surface area contributed by atoms with Crippen LogP contribution in [-0.2, 0) is 43.9 Å². The number of aliphatic carboxylic acids is 1. The van der Waals surface area contributed by atoms with Crippen LogP contribution >= 0.6 is 0 Å². The Bertz CT molecular complexity index is 569. The van der Waals surface area contributed by atoms with E-state index in [1.54, 1.807) is 27.7 Å². The maximum atomic E-state index is 11.8. The molecule has 0 aromatic carbocycles. The van der Waals surface area contributed by atoms with Crippen molar-refractivity contribution in [3.63, 3.8) is 0 Å². The van der Waals surface area contributed by atoms with E-state index in [-0.39, 0.29) is 19.3 Å². The molecule has 0 saturated carbocycles. The van der Waals surface area contributed by atoms with E-state index in [1.807, 2.05) is 0 Å². The lowest BCUT2D eigenvalue weighted by molar-refractivity contribution is -0.290. The minimum Gasteiger partial charge on any atom is -0.480 e. The van der Waals surface area contributed by atoms with Crippen molar-refractivity contribution in [2.75, 3.05) is 19.8 Å². The molecule has 11 heteroatoms. The van der Waals surface area contributed by atoms with Crippen molar-refractivity contribution in [1.29, 1.82) is 0 Å². The van der Waals surface area contributed by atoms with E-state index in [1.165, 1.54) is 0 Å². The first-order valence-corrected chi connectivity index (χ1v) is 8.97. The molecule has 0 spiro atoms. The minimum absolute atomic E-state index is 0.197. The summed E-state index contributed by atoms with van der Waals surface area (Å²) in [7, 11) is 0. The zero-order valence-electron chi connectivity index (χ0n) is 14.5. The van der Waals surface area contributed by atoms with Crippen LogP contribution in [0.1, 0.15) is 27.7 Å². The van der Waals surface area contributed by atoms with E-state index in [0.717, 1.165) is 0 Å². The second kappa shape index (κ2) is 6.50. The van der Waals surface area contributed by atoms with Crippen molar-refractivity contribution >= 4 is 17.2 Å². The lowest BCUT2D eigenvalue weighted by Gasteiger charge is -2.40. The summed E-state index contributed by atoms with van der Waals surface area (Å²) >= 11 is -2.02. The highest BCUT2D eigenvalue weighted by atomic mass is 32.2. The normalized spacial score (nSPS) is 39.6. The van der Waals surface area contributed by atoms with Crippen molar-refractivity contribution in [3.8, 4) is 0 Å². The third-order valence-corrected chi connectivity index (χ3v) is 4.70. The third-order valence-electron chi connectivity index (χ3n) is 3.98. The summed E-state index contributed by atoms with van der Waals surface area (Å²) in [6.45, 7) is 6.53. The second-order valence-corrected chi connectivity index (χ2v) is 8.01. The quantitative estimate of drug-likeness (QED) is 0.636. The largest absolute Gasteiger partial charge is 0.480 e. The number of carboxylic acid groups (broad SMARTS) is 1. The molecule has 5 atom stereocenters. The fourth-order valence-electron chi connectivity index (χ4n) is 3.25. The van der Waals surface area contributed by atoms with E-state index in [9.17, 15) is 9.00 Å². The molecule has 25 heavy (non-hydrogen) atoms. The van der Waals surface area contributed by atoms with Crippen molar-refractivity contribution in [2.24, 2.45) is 0 Å². The van der Waals surface area contributed by atoms with Crippen LogP contribution in [0.15, 0.2) is 0 Å². The molecular weight excluding hydrogens is 358 g/mol. The van der Waals surface area contributed by atoms with Gasteiger partial charge in [0, 0.05) is 0 Å². The first kappa shape index (κ1) is 19.1. The second-order valence-electron chi connectivity index (χ2n) is 7.01. The standard InChI is InChI=1S/C14H23NO9S/c1-12(2)21-8-6-19-14(7-20-25(18)15-5-9(16)17)11(10(8)22-12)23-13(3,4)24-14/h8,10-11,15H,5-7H2,1-4H3,(H,16,17). The molecule has 3 fully saturated rings. The zero-order chi connectivity index (χ0) is 18.5. The van der Waals surface area contributed by atoms with Gasteiger partial charge in [-0.2, -0.15) is 0 Å². The van der Waals surface area contributed by atoms with Crippen LogP contribution in [0.25, 0.3) is 0 Å². The molecule has 3 aliphatic heterocycles. The summed E-state index contributed by atoms with van der Waals surface area (Å²) in [6, 6.07) is 0. The number of nitrogens with one attached hydrogen (secondary N) is 1. The molecule has 5 unspecified atom stereocenters. The number of carboxylic acids is 1. The molecule has 0 radical (unpaired) electrons. The number of fused-ring (bicyclic) bond motifs is 3. The first-order chi connectivity index (χ1) is 11.5. The van der Waals surface area contributed by atoms with Gasteiger partial charge in [0.2, 0.25) is 17.1 Å². The maximum Gasteiger partial charge on any atom is 0.318 e. The topological polar surface area (TPSA) is 122 Å². The number of hydrogen-bond acceptors (Lipinski definition) is 8. The highest BCUT2D eigenvalue weighted by Crippen LogP contribution is 2.47. The summed E-state index contributed by atoms with van der Waals surface area (Å²) in [4.78, 5) is 10.5. The Kier molecular flexibility index (Phi) is 4.97. The van der Waals surface area contributed by atoms with Crippen LogP contribution in [0.2, 0.25) is 0 Å². The van der Waals surface area contributed by atoms with Gasteiger partial charge in [-0.15, -0.1) is 0 Å². The molecule has 0 bridgehead atoms. The average Bonchev–Trinajstić information content (AvgIpc) is 2.94. The van der Waals surface area contributed by atoms with Gasteiger partial charge in [-0.3, -0.25) is 8.98 Å². The van der Waals surface area contributed by atoms with Crippen molar-refractivity contribution in [2.45, 2.75) is 63.4 Å². The molecule has 2 N–H and O–H groups in total. The molecule has 3 rings (SSSR count). The van der Waals surface area contributed by atoms with Gasteiger partial charge in [-0.25, -0.2) is 8.93 Å². The minimum atomic E-state index is -2.02. The molecule has 3 saturated heterocycles. The van der Waals surface area contributed by atoms with Gasteiger partial charge < -0.3 is 28.8 Å². The number of ether oxygens (including phenoxy) is 5. The molecule has 3 heterocycles. The van der Waals surface area contributed by atoms with E-state index >= 15 is 0 Å².